The second-order valence-electron chi connectivity index (χ2n) is 3.48. The molecule has 0 aromatic heterocycles. The average Bonchev–Trinajstić information content (AvgIpc) is 2.23. The van der Waals surface area contributed by atoms with Gasteiger partial charge < -0.3 is 10.4 Å². The quantitative estimate of drug-likeness (QED) is 0.534. The standard InChI is InChI=1S/C10H18ClNO3S/c1-7(9(14)3-4-11)10(15)16-6-5-12-8(2)13/h7,9,14H,3-6H2,1-2H3,(H,12,13). The molecule has 0 aromatic rings. The maximum absolute atomic E-state index is 11.6. The molecule has 0 heterocycles. The molecule has 0 aliphatic rings. The predicted molar refractivity (Wildman–Crippen MR) is 66.7 cm³/mol. The molecule has 0 spiro atoms. The zero-order valence-electron chi connectivity index (χ0n) is 9.53. The maximum Gasteiger partial charge on any atom is 0.216 e. The number of hydrogen-bond donors (Lipinski definition) is 2. The Morgan fingerprint density at radius 2 is 2.12 bits per heavy atom. The summed E-state index contributed by atoms with van der Waals surface area (Å²) in [6.45, 7) is 3.58. The van der Waals surface area contributed by atoms with Crippen LogP contribution in [0.3, 0.4) is 0 Å². The molecule has 0 rings (SSSR count). The molecule has 0 bridgehead atoms. The van der Waals surface area contributed by atoms with Gasteiger partial charge in [-0.2, -0.15) is 0 Å². The van der Waals surface area contributed by atoms with Crippen molar-refractivity contribution in [1.82, 2.24) is 5.32 Å². The number of nitrogens with one attached hydrogen (secondary N) is 1. The summed E-state index contributed by atoms with van der Waals surface area (Å²) in [5.41, 5.74) is 0. The van der Waals surface area contributed by atoms with Crippen molar-refractivity contribution >= 4 is 34.4 Å². The summed E-state index contributed by atoms with van der Waals surface area (Å²) in [5, 5.41) is 12.1. The van der Waals surface area contributed by atoms with Gasteiger partial charge in [-0.1, -0.05) is 18.7 Å². The number of rotatable bonds is 7. The fraction of sp³-hybridized carbons (Fsp3) is 0.800. The van der Waals surface area contributed by atoms with Crippen molar-refractivity contribution in [3.8, 4) is 0 Å². The van der Waals surface area contributed by atoms with E-state index in [1.165, 1.54) is 6.92 Å². The molecule has 2 unspecified atom stereocenters. The Morgan fingerprint density at radius 1 is 1.50 bits per heavy atom. The Balaban J connectivity index is 3.74. The van der Waals surface area contributed by atoms with Crippen molar-refractivity contribution in [2.24, 2.45) is 5.92 Å². The summed E-state index contributed by atoms with van der Waals surface area (Å²) in [5.74, 6) is 0.343. The minimum atomic E-state index is -0.682. The number of aliphatic hydroxyl groups excluding tert-OH is 1. The van der Waals surface area contributed by atoms with Crippen molar-refractivity contribution in [2.75, 3.05) is 18.2 Å². The summed E-state index contributed by atoms with van der Waals surface area (Å²) in [6, 6.07) is 0. The van der Waals surface area contributed by atoms with Crippen LogP contribution in [-0.2, 0) is 9.59 Å². The van der Waals surface area contributed by atoms with E-state index in [-0.39, 0.29) is 11.0 Å². The molecule has 6 heteroatoms. The normalized spacial score (nSPS) is 14.2. The molecule has 0 aliphatic heterocycles. The van der Waals surface area contributed by atoms with Crippen molar-refractivity contribution in [1.29, 1.82) is 0 Å². The third-order valence-corrected chi connectivity index (χ3v) is 3.36. The SMILES string of the molecule is CC(=O)NCCSC(=O)C(C)C(O)CCCl. The Bertz CT molecular complexity index is 238. The van der Waals surface area contributed by atoms with Gasteiger partial charge in [-0.25, -0.2) is 0 Å². The molecule has 94 valence electrons. The molecule has 0 saturated carbocycles. The molecule has 16 heavy (non-hydrogen) atoms. The molecule has 1 amide bonds. The highest BCUT2D eigenvalue weighted by molar-refractivity contribution is 8.13. The van der Waals surface area contributed by atoms with Crippen molar-refractivity contribution in [3.63, 3.8) is 0 Å². The number of aliphatic hydroxyl groups is 1. The lowest BCUT2D eigenvalue weighted by Gasteiger charge is -2.15. The lowest BCUT2D eigenvalue weighted by molar-refractivity contribution is -0.119. The Hall–Kier alpha value is -0.260. The fourth-order valence-corrected chi connectivity index (χ4v) is 2.08. The third kappa shape index (κ3) is 7.09. The second-order valence-corrected chi connectivity index (χ2v) is 4.96. The molecule has 0 radical (unpaired) electrons. The van der Waals surface area contributed by atoms with Crippen LogP contribution in [0.2, 0.25) is 0 Å². The first kappa shape index (κ1) is 15.7. The van der Waals surface area contributed by atoms with E-state index in [0.29, 0.717) is 24.6 Å². The van der Waals surface area contributed by atoms with Crippen LogP contribution in [0.15, 0.2) is 0 Å². The summed E-state index contributed by atoms with van der Waals surface area (Å²) in [7, 11) is 0. The third-order valence-electron chi connectivity index (χ3n) is 2.07. The summed E-state index contributed by atoms with van der Waals surface area (Å²) >= 11 is 6.61. The number of halogens is 1. The van der Waals surface area contributed by atoms with Crippen LogP contribution in [0.25, 0.3) is 0 Å². The smallest absolute Gasteiger partial charge is 0.216 e. The minimum absolute atomic E-state index is 0.0667. The van der Waals surface area contributed by atoms with Gasteiger partial charge in [0.05, 0.1) is 12.0 Å². The van der Waals surface area contributed by atoms with Gasteiger partial charge in [-0.15, -0.1) is 11.6 Å². The van der Waals surface area contributed by atoms with E-state index in [2.05, 4.69) is 5.32 Å². The van der Waals surface area contributed by atoms with E-state index in [1.807, 2.05) is 0 Å². The number of thioether (sulfide) groups is 1. The Morgan fingerprint density at radius 3 is 2.62 bits per heavy atom. The summed E-state index contributed by atoms with van der Waals surface area (Å²) in [6.07, 6.45) is -0.265. The molecule has 0 aromatic carbocycles. The molecular weight excluding hydrogens is 250 g/mol. The second kappa shape index (κ2) is 8.84. The van der Waals surface area contributed by atoms with Gasteiger partial charge in [0.1, 0.15) is 0 Å². The Labute approximate surface area is 105 Å². The van der Waals surface area contributed by atoms with Crippen LogP contribution in [0.1, 0.15) is 20.3 Å². The van der Waals surface area contributed by atoms with Gasteiger partial charge in [0.15, 0.2) is 5.12 Å². The van der Waals surface area contributed by atoms with E-state index >= 15 is 0 Å². The topological polar surface area (TPSA) is 66.4 Å². The first-order valence-electron chi connectivity index (χ1n) is 5.14. The van der Waals surface area contributed by atoms with Gasteiger partial charge in [0.25, 0.3) is 0 Å². The average molecular weight is 268 g/mol. The van der Waals surface area contributed by atoms with Gasteiger partial charge in [-0.05, 0) is 6.42 Å². The molecule has 0 fully saturated rings. The van der Waals surface area contributed by atoms with Crippen molar-refractivity contribution < 1.29 is 14.7 Å². The van der Waals surface area contributed by atoms with Crippen LogP contribution in [-0.4, -0.2) is 40.4 Å². The molecule has 2 N–H and O–H groups in total. The zero-order chi connectivity index (χ0) is 12.6. The van der Waals surface area contributed by atoms with Crippen LogP contribution < -0.4 is 5.32 Å². The zero-order valence-corrected chi connectivity index (χ0v) is 11.1. The van der Waals surface area contributed by atoms with Crippen LogP contribution in [0.5, 0.6) is 0 Å². The molecule has 4 nitrogen and oxygen atoms in total. The largest absolute Gasteiger partial charge is 0.392 e. The van der Waals surface area contributed by atoms with Gasteiger partial charge >= 0.3 is 0 Å². The minimum Gasteiger partial charge on any atom is -0.392 e. The molecular formula is C10H18ClNO3S. The number of carbonyl (C=O) groups is 2. The molecule has 0 saturated heterocycles. The predicted octanol–water partition coefficient (Wildman–Crippen LogP) is 1.01. The number of amides is 1. The van der Waals surface area contributed by atoms with Crippen molar-refractivity contribution in [2.45, 2.75) is 26.4 Å². The number of carbonyl (C=O) groups excluding carboxylic acids is 2. The van der Waals surface area contributed by atoms with E-state index < -0.39 is 12.0 Å². The first-order valence-corrected chi connectivity index (χ1v) is 6.66. The maximum atomic E-state index is 11.6. The molecule has 0 aliphatic carbocycles. The highest BCUT2D eigenvalue weighted by atomic mass is 35.5. The highest BCUT2D eigenvalue weighted by Crippen LogP contribution is 2.16. The lowest BCUT2D eigenvalue weighted by Crippen LogP contribution is -2.26. The molecule has 2 atom stereocenters. The van der Waals surface area contributed by atoms with E-state index in [1.54, 1.807) is 6.92 Å². The fourth-order valence-electron chi connectivity index (χ4n) is 1.03. The Kier molecular flexibility index (Phi) is 8.70. The van der Waals surface area contributed by atoms with Crippen LogP contribution in [0, 0.1) is 5.92 Å². The van der Waals surface area contributed by atoms with E-state index in [0.717, 1.165) is 11.8 Å². The number of hydrogen-bond acceptors (Lipinski definition) is 4. The number of alkyl halides is 1. The van der Waals surface area contributed by atoms with Crippen LogP contribution >= 0.6 is 23.4 Å². The highest BCUT2D eigenvalue weighted by Gasteiger charge is 2.21. The van der Waals surface area contributed by atoms with Gasteiger partial charge in [0, 0.05) is 25.1 Å². The first-order chi connectivity index (χ1) is 7.49. The van der Waals surface area contributed by atoms with E-state index in [4.69, 9.17) is 11.6 Å². The van der Waals surface area contributed by atoms with Gasteiger partial charge in [-0.3, -0.25) is 9.59 Å². The lowest BCUT2D eigenvalue weighted by atomic mass is 10.0. The summed E-state index contributed by atoms with van der Waals surface area (Å²) < 4.78 is 0. The summed E-state index contributed by atoms with van der Waals surface area (Å²) in [4.78, 5) is 22.1. The monoisotopic (exact) mass is 267 g/mol. The van der Waals surface area contributed by atoms with E-state index in [9.17, 15) is 14.7 Å². The van der Waals surface area contributed by atoms with Crippen LogP contribution in [0.4, 0.5) is 0 Å². The van der Waals surface area contributed by atoms with Gasteiger partial charge in [0.2, 0.25) is 5.91 Å². The van der Waals surface area contributed by atoms with Crippen molar-refractivity contribution in [3.05, 3.63) is 0 Å².